The Labute approximate surface area is 62.7 Å². The predicted octanol–water partition coefficient (Wildman–Crippen LogP) is 0.147. The van der Waals surface area contributed by atoms with E-state index in [1.807, 2.05) is 26.0 Å². The molecule has 0 bridgehead atoms. The van der Waals surface area contributed by atoms with E-state index in [4.69, 9.17) is 5.73 Å². The first kappa shape index (κ1) is 7.35. The minimum atomic E-state index is 0.266. The van der Waals surface area contributed by atoms with Crippen molar-refractivity contribution in [1.29, 1.82) is 0 Å². The van der Waals surface area contributed by atoms with Crippen LogP contribution in [0.2, 0.25) is 0 Å². The molecule has 0 saturated carbocycles. The van der Waals surface area contributed by atoms with Crippen LogP contribution in [-0.4, -0.2) is 13.8 Å². The molecule has 2 N–H and O–H groups in total. The Bertz CT molecular complexity index is 184. The molecule has 1 nitrogen and oxygen atoms in total. The Kier molecular flexibility index (Phi) is 2.52. The highest BCUT2D eigenvalue weighted by molar-refractivity contribution is 6.11. The van der Waals surface area contributed by atoms with Crippen LogP contribution in [-0.2, 0) is 6.42 Å². The van der Waals surface area contributed by atoms with Crippen LogP contribution in [0.15, 0.2) is 30.3 Å². The second-order valence-electron chi connectivity index (χ2n) is 2.67. The molecule has 2 heteroatoms. The topological polar surface area (TPSA) is 26.0 Å². The van der Waals surface area contributed by atoms with Crippen molar-refractivity contribution in [3.05, 3.63) is 35.9 Å². The molecule has 0 aliphatic heterocycles. The molecular weight excluding hydrogens is 121 g/mol. The van der Waals surface area contributed by atoms with Gasteiger partial charge < -0.3 is 5.73 Å². The van der Waals surface area contributed by atoms with Crippen molar-refractivity contribution < 1.29 is 0 Å². The van der Waals surface area contributed by atoms with Gasteiger partial charge in [0.15, 0.2) is 0 Å². The highest BCUT2D eigenvalue weighted by atomic mass is 14.6. The monoisotopic (exact) mass is 133 g/mol. The van der Waals surface area contributed by atoms with E-state index in [0.717, 1.165) is 6.42 Å². The second-order valence-corrected chi connectivity index (χ2v) is 2.67. The zero-order valence-electron chi connectivity index (χ0n) is 6.25. The van der Waals surface area contributed by atoms with Crippen molar-refractivity contribution in [3.63, 3.8) is 0 Å². The molecule has 0 heterocycles. The first-order valence-corrected chi connectivity index (χ1v) is 3.58. The van der Waals surface area contributed by atoms with E-state index in [1.54, 1.807) is 0 Å². The lowest BCUT2D eigenvalue weighted by atomic mass is 9.91. The van der Waals surface area contributed by atoms with E-state index in [1.165, 1.54) is 5.56 Å². The van der Waals surface area contributed by atoms with Crippen LogP contribution in [0, 0.1) is 0 Å². The highest BCUT2D eigenvalue weighted by Gasteiger charge is 1.94. The Balaban J connectivity index is 2.59. The van der Waals surface area contributed by atoms with Crippen molar-refractivity contribution in [2.24, 2.45) is 5.73 Å². The van der Waals surface area contributed by atoms with Gasteiger partial charge in [0.2, 0.25) is 0 Å². The van der Waals surface area contributed by atoms with Crippen LogP contribution >= 0.6 is 0 Å². The Morgan fingerprint density at radius 2 is 1.90 bits per heavy atom. The standard InChI is InChI=1S/C8H12BN/c9-8(10)6-7-4-2-1-3-5-7/h1-5,8H,6,9-10H2. The molecule has 1 atom stereocenters. The maximum atomic E-state index is 5.62. The molecule has 0 aliphatic rings. The van der Waals surface area contributed by atoms with Crippen molar-refractivity contribution >= 4 is 7.85 Å². The lowest BCUT2D eigenvalue weighted by Gasteiger charge is -2.02. The Morgan fingerprint density at radius 1 is 1.30 bits per heavy atom. The van der Waals surface area contributed by atoms with Crippen LogP contribution < -0.4 is 5.73 Å². The Morgan fingerprint density at radius 3 is 2.40 bits per heavy atom. The van der Waals surface area contributed by atoms with Gasteiger partial charge in [0.25, 0.3) is 0 Å². The van der Waals surface area contributed by atoms with Gasteiger partial charge in [-0.15, -0.1) is 0 Å². The van der Waals surface area contributed by atoms with Gasteiger partial charge in [-0.25, -0.2) is 0 Å². The third-order valence-electron chi connectivity index (χ3n) is 1.40. The average molecular weight is 133 g/mol. The van der Waals surface area contributed by atoms with Gasteiger partial charge in [0.05, 0.1) is 0 Å². The minimum absolute atomic E-state index is 0.266. The normalized spacial score (nSPS) is 12.9. The maximum absolute atomic E-state index is 5.62. The fourth-order valence-corrected chi connectivity index (χ4v) is 0.986. The molecule has 10 heavy (non-hydrogen) atoms. The van der Waals surface area contributed by atoms with E-state index in [9.17, 15) is 0 Å². The fourth-order valence-electron chi connectivity index (χ4n) is 0.986. The molecule has 0 spiro atoms. The largest absolute Gasteiger partial charge is 0.335 e. The molecular formula is C8H12BN. The molecule has 1 rings (SSSR count). The maximum Gasteiger partial charge on any atom is 0.123 e. The molecule has 1 aromatic carbocycles. The molecule has 0 fully saturated rings. The number of rotatable bonds is 2. The van der Waals surface area contributed by atoms with Gasteiger partial charge in [0, 0.05) is 0 Å². The summed E-state index contributed by atoms with van der Waals surface area (Å²) in [6.45, 7) is 0. The van der Waals surface area contributed by atoms with Crippen molar-refractivity contribution in [1.82, 2.24) is 0 Å². The first-order valence-electron chi connectivity index (χ1n) is 3.58. The molecule has 52 valence electrons. The third-order valence-corrected chi connectivity index (χ3v) is 1.40. The summed E-state index contributed by atoms with van der Waals surface area (Å²) in [7, 11) is 2.02. The van der Waals surface area contributed by atoms with Crippen molar-refractivity contribution in [2.75, 3.05) is 0 Å². The zero-order chi connectivity index (χ0) is 7.40. The SMILES string of the molecule is BC(N)Cc1ccccc1. The average Bonchev–Trinajstić information content (AvgIpc) is 1.88. The number of benzene rings is 1. The summed E-state index contributed by atoms with van der Waals surface area (Å²) in [6, 6.07) is 10.3. The van der Waals surface area contributed by atoms with E-state index in [-0.39, 0.29) is 5.94 Å². The first-order chi connectivity index (χ1) is 4.79. The van der Waals surface area contributed by atoms with Gasteiger partial charge in [-0.2, -0.15) is 0 Å². The molecule has 0 aromatic heterocycles. The smallest absolute Gasteiger partial charge is 0.123 e. The van der Waals surface area contributed by atoms with Gasteiger partial charge in [-0.3, -0.25) is 0 Å². The second kappa shape index (κ2) is 3.42. The molecule has 0 amide bonds. The van der Waals surface area contributed by atoms with Crippen LogP contribution in [0.5, 0.6) is 0 Å². The lowest BCUT2D eigenvalue weighted by Crippen LogP contribution is -2.22. The van der Waals surface area contributed by atoms with Crippen LogP contribution in [0.1, 0.15) is 5.56 Å². The molecule has 0 aliphatic carbocycles. The van der Waals surface area contributed by atoms with Gasteiger partial charge in [-0.1, -0.05) is 30.3 Å². The molecule has 1 unspecified atom stereocenters. The molecule has 1 aromatic rings. The predicted molar refractivity (Wildman–Crippen MR) is 46.7 cm³/mol. The summed E-state index contributed by atoms with van der Waals surface area (Å²) in [5, 5.41) is 0. The Hall–Kier alpha value is -0.755. The van der Waals surface area contributed by atoms with Crippen LogP contribution in [0.3, 0.4) is 0 Å². The zero-order valence-corrected chi connectivity index (χ0v) is 6.25. The van der Waals surface area contributed by atoms with E-state index >= 15 is 0 Å². The molecule has 0 radical (unpaired) electrons. The molecule has 0 saturated heterocycles. The van der Waals surface area contributed by atoms with Crippen molar-refractivity contribution in [3.8, 4) is 0 Å². The fraction of sp³-hybridized carbons (Fsp3) is 0.250. The van der Waals surface area contributed by atoms with E-state index in [0.29, 0.717) is 0 Å². The van der Waals surface area contributed by atoms with Crippen LogP contribution in [0.4, 0.5) is 0 Å². The summed E-state index contributed by atoms with van der Waals surface area (Å²) >= 11 is 0. The quantitative estimate of drug-likeness (QED) is 0.571. The highest BCUT2D eigenvalue weighted by Crippen LogP contribution is 1.99. The van der Waals surface area contributed by atoms with Crippen molar-refractivity contribution in [2.45, 2.75) is 12.4 Å². The van der Waals surface area contributed by atoms with Crippen LogP contribution in [0.25, 0.3) is 0 Å². The number of nitrogens with two attached hydrogens (primary N) is 1. The van der Waals surface area contributed by atoms with E-state index in [2.05, 4.69) is 12.1 Å². The summed E-state index contributed by atoms with van der Waals surface area (Å²) < 4.78 is 0. The summed E-state index contributed by atoms with van der Waals surface area (Å²) in [5.41, 5.74) is 6.94. The lowest BCUT2D eigenvalue weighted by molar-refractivity contribution is 0.888. The van der Waals surface area contributed by atoms with E-state index < -0.39 is 0 Å². The third kappa shape index (κ3) is 2.23. The minimum Gasteiger partial charge on any atom is -0.335 e. The summed E-state index contributed by atoms with van der Waals surface area (Å²) in [6.07, 6.45) is 0.973. The van der Waals surface area contributed by atoms with Gasteiger partial charge in [-0.05, 0) is 17.9 Å². The van der Waals surface area contributed by atoms with Gasteiger partial charge >= 0.3 is 0 Å². The number of hydrogen-bond acceptors (Lipinski definition) is 1. The summed E-state index contributed by atoms with van der Waals surface area (Å²) in [4.78, 5) is 0. The van der Waals surface area contributed by atoms with Gasteiger partial charge in [0.1, 0.15) is 7.85 Å². The number of hydrogen-bond donors (Lipinski definition) is 1. The summed E-state index contributed by atoms with van der Waals surface area (Å²) in [5.74, 6) is 0.266.